The molecular formula is C34H34N6O4. The van der Waals surface area contributed by atoms with E-state index in [2.05, 4.69) is 10.6 Å². The van der Waals surface area contributed by atoms with Crippen molar-refractivity contribution >= 4 is 40.7 Å². The molecule has 0 unspecified atom stereocenters. The van der Waals surface area contributed by atoms with Crippen LogP contribution in [0.5, 0.6) is 0 Å². The standard InChI is InChI=1S/C34H34N6O4/c1-37-22-32(42)39-30(18-24-14-16-28(17-15-24)36-23-41)33(43)38(20-27-12-7-11-26-10-5-6-13-29(26)27)21-31(39)40(37)34(44)35-19-25-8-3-2-4-9-25/h2-17,23,30-31H,18-22H2,1H3,(H,35,44)(H,36,41)/t30-,31-/m0/s1. The number of likely N-dealkylation sites (N-methyl/N-ethyl adjacent to an activating group) is 1. The molecule has 6 rings (SSSR count). The van der Waals surface area contributed by atoms with Gasteiger partial charge in [0.1, 0.15) is 12.2 Å². The van der Waals surface area contributed by atoms with Gasteiger partial charge in [0.25, 0.3) is 0 Å². The van der Waals surface area contributed by atoms with Gasteiger partial charge in [0.15, 0.2) is 0 Å². The molecule has 2 saturated heterocycles. The predicted octanol–water partition coefficient (Wildman–Crippen LogP) is 3.59. The number of amides is 5. The van der Waals surface area contributed by atoms with Gasteiger partial charge in [-0.2, -0.15) is 0 Å². The number of hydrazine groups is 1. The zero-order chi connectivity index (χ0) is 30.6. The maximum absolute atomic E-state index is 14.2. The van der Waals surface area contributed by atoms with E-state index in [0.717, 1.165) is 27.5 Å². The molecule has 0 aliphatic carbocycles. The summed E-state index contributed by atoms with van der Waals surface area (Å²) in [5.74, 6) is -0.390. The topological polar surface area (TPSA) is 105 Å². The van der Waals surface area contributed by atoms with Gasteiger partial charge >= 0.3 is 6.03 Å². The number of carbonyl (C=O) groups excluding carboxylic acids is 4. The molecule has 44 heavy (non-hydrogen) atoms. The van der Waals surface area contributed by atoms with Crippen molar-refractivity contribution in [1.29, 1.82) is 0 Å². The largest absolute Gasteiger partial charge is 0.334 e. The van der Waals surface area contributed by atoms with E-state index < -0.39 is 12.2 Å². The monoisotopic (exact) mass is 590 g/mol. The van der Waals surface area contributed by atoms with E-state index in [1.807, 2.05) is 84.9 Å². The lowest BCUT2D eigenvalue weighted by atomic mass is 9.97. The van der Waals surface area contributed by atoms with Gasteiger partial charge in [-0.05, 0) is 39.6 Å². The first-order chi connectivity index (χ1) is 21.4. The van der Waals surface area contributed by atoms with Gasteiger partial charge < -0.3 is 20.4 Å². The fourth-order valence-electron chi connectivity index (χ4n) is 6.17. The minimum absolute atomic E-state index is 0.0372. The molecule has 10 nitrogen and oxygen atoms in total. The molecule has 2 aliphatic rings. The molecule has 0 saturated carbocycles. The molecule has 2 heterocycles. The second-order valence-corrected chi connectivity index (χ2v) is 11.1. The Hall–Kier alpha value is -5.22. The van der Waals surface area contributed by atoms with E-state index >= 15 is 0 Å². The van der Waals surface area contributed by atoms with Crippen molar-refractivity contribution in [3.63, 3.8) is 0 Å². The number of carbonyl (C=O) groups is 4. The highest BCUT2D eigenvalue weighted by Gasteiger charge is 2.50. The Morgan fingerprint density at radius 1 is 0.886 bits per heavy atom. The molecule has 2 fully saturated rings. The molecule has 2 aliphatic heterocycles. The minimum atomic E-state index is -0.820. The molecule has 10 heteroatoms. The average molecular weight is 591 g/mol. The summed E-state index contributed by atoms with van der Waals surface area (Å²) in [6.45, 7) is 0.786. The fraction of sp³-hybridized carbons (Fsp3) is 0.235. The predicted molar refractivity (Wildman–Crippen MR) is 167 cm³/mol. The van der Waals surface area contributed by atoms with E-state index in [0.29, 0.717) is 25.2 Å². The summed E-state index contributed by atoms with van der Waals surface area (Å²) in [7, 11) is 1.72. The molecule has 4 aromatic rings. The third-order valence-corrected chi connectivity index (χ3v) is 8.28. The van der Waals surface area contributed by atoms with Gasteiger partial charge in [-0.25, -0.2) is 14.8 Å². The lowest BCUT2D eigenvalue weighted by Gasteiger charge is -2.54. The number of anilines is 1. The number of nitrogens with zero attached hydrogens (tertiary/aromatic N) is 4. The van der Waals surface area contributed by atoms with Gasteiger partial charge in [0.2, 0.25) is 18.2 Å². The molecular weight excluding hydrogens is 556 g/mol. The lowest BCUT2D eigenvalue weighted by Crippen LogP contribution is -2.76. The summed E-state index contributed by atoms with van der Waals surface area (Å²) < 4.78 is 0. The Balaban J connectivity index is 1.33. The summed E-state index contributed by atoms with van der Waals surface area (Å²) >= 11 is 0. The van der Waals surface area contributed by atoms with Gasteiger partial charge in [0, 0.05) is 32.2 Å². The maximum Gasteiger partial charge on any atom is 0.334 e. The Morgan fingerprint density at radius 3 is 2.39 bits per heavy atom. The third-order valence-electron chi connectivity index (χ3n) is 8.28. The minimum Gasteiger partial charge on any atom is -0.333 e. The molecule has 0 radical (unpaired) electrons. The van der Waals surface area contributed by atoms with Crippen molar-refractivity contribution in [3.8, 4) is 0 Å². The number of fused-ring (bicyclic) bond motifs is 2. The quantitative estimate of drug-likeness (QED) is 0.305. The third kappa shape index (κ3) is 5.84. The van der Waals surface area contributed by atoms with Crippen LogP contribution in [0.1, 0.15) is 16.7 Å². The first-order valence-corrected chi connectivity index (χ1v) is 14.6. The lowest BCUT2D eigenvalue weighted by molar-refractivity contribution is -0.187. The molecule has 2 N–H and O–H groups in total. The maximum atomic E-state index is 14.2. The summed E-state index contributed by atoms with van der Waals surface area (Å²) in [4.78, 5) is 55.8. The van der Waals surface area contributed by atoms with Crippen molar-refractivity contribution < 1.29 is 19.2 Å². The molecule has 0 aromatic heterocycles. The highest BCUT2D eigenvalue weighted by molar-refractivity contribution is 5.92. The second-order valence-electron chi connectivity index (χ2n) is 11.1. The number of benzene rings is 4. The fourth-order valence-corrected chi connectivity index (χ4v) is 6.17. The summed E-state index contributed by atoms with van der Waals surface area (Å²) in [5, 5.41) is 10.9. The van der Waals surface area contributed by atoms with Crippen molar-refractivity contribution in [3.05, 3.63) is 114 Å². The van der Waals surface area contributed by atoms with Crippen molar-refractivity contribution in [2.75, 3.05) is 25.5 Å². The molecule has 5 amide bonds. The van der Waals surface area contributed by atoms with Gasteiger partial charge in [-0.1, -0.05) is 84.9 Å². The molecule has 224 valence electrons. The van der Waals surface area contributed by atoms with Crippen LogP contribution in [0.15, 0.2) is 97.1 Å². The van der Waals surface area contributed by atoms with Gasteiger partial charge in [0.05, 0.1) is 13.1 Å². The van der Waals surface area contributed by atoms with Gasteiger partial charge in [-0.15, -0.1) is 0 Å². The van der Waals surface area contributed by atoms with Crippen LogP contribution in [0.2, 0.25) is 0 Å². The average Bonchev–Trinajstić information content (AvgIpc) is 3.03. The molecule has 2 atom stereocenters. The van der Waals surface area contributed by atoms with E-state index in [1.54, 1.807) is 39.0 Å². The van der Waals surface area contributed by atoms with E-state index in [-0.39, 0.29) is 37.4 Å². The van der Waals surface area contributed by atoms with E-state index in [9.17, 15) is 19.2 Å². The normalized spacial score (nSPS) is 18.7. The van der Waals surface area contributed by atoms with E-state index in [4.69, 9.17) is 0 Å². The number of hydrogen-bond donors (Lipinski definition) is 2. The van der Waals surface area contributed by atoms with Crippen LogP contribution in [0.4, 0.5) is 10.5 Å². The molecule has 0 bridgehead atoms. The van der Waals surface area contributed by atoms with Crippen molar-refractivity contribution in [1.82, 2.24) is 25.1 Å². The van der Waals surface area contributed by atoms with Crippen LogP contribution in [-0.2, 0) is 33.9 Å². The van der Waals surface area contributed by atoms with Crippen LogP contribution in [0.25, 0.3) is 10.8 Å². The Bertz CT molecular complexity index is 1670. The highest BCUT2D eigenvalue weighted by atomic mass is 16.2. The van der Waals surface area contributed by atoms with Crippen molar-refractivity contribution in [2.45, 2.75) is 31.7 Å². The van der Waals surface area contributed by atoms with Crippen LogP contribution >= 0.6 is 0 Å². The molecule has 0 spiro atoms. The van der Waals surface area contributed by atoms with Crippen LogP contribution in [0, 0.1) is 0 Å². The Labute approximate surface area is 255 Å². The molecule has 4 aromatic carbocycles. The summed E-state index contributed by atoms with van der Waals surface area (Å²) in [6, 6.07) is 29.7. The zero-order valence-electron chi connectivity index (χ0n) is 24.4. The van der Waals surface area contributed by atoms with Crippen molar-refractivity contribution in [2.24, 2.45) is 0 Å². The smallest absolute Gasteiger partial charge is 0.333 e. The summed E-state index contributed by atoms with van der Waals surface area (Å²) in [6.07, 6.45) is 0.165. The second kappa shape index (κ2) is 12.6. The van der Waals surface area contributed by atoms with Crippen LogP contribution < -0.4 is 10.6 Å². The number of rotatable bonds is 8. The zero-order valence-corrected chi connectivity index (χ0v) is 24.4. The van der Waals surface area contributed by atoms with Crippen LogP contribution in [0.3, 0.4) is 0 Å². The van der Waals surface area contributed by atoms with Crippen LogP contribution in [-0.4, -0.2) is 76.4 Å². The first-order valence-electron chi connectivity index (χ1n) is 14.6. The van der Waals surface area contributed by atoms with Gasteiger partial charge in [-0.3, -0.25) is 14.4 Å². The number of piperazine rings is 1. The number of hydrogen-bond acceptors (Lipinski definition) is 5. The number of urea groups is 1. The first kappa shape index (κ1) is 28.9. The Kier molecular flexibility index (Phi) is 8.25. The SMILES string of the molecule is CN1CC(=O)N2[C@@H](Cc3ccc(NC=O)cc3)C(=O)N(Cc3cccc4ccccc34)C[C@@H]2N1C(=O)NCc1ccccc1. The number of nitrogens with one attached hydrogen (secondary N) is 2. The van der Waals surface area contributed by atoms with E-state index in [1.165, 1.54) is 0 Å². The highest BCUT2D eigenvalue weighted by Crippen LogP contribution is 2.30. The Morgan fingerprint density at radius 2 is 1.61 bits per heavy atom. The summed E-state index contributed by atoms with van der Waals surface area (Å²) in [5.41, 5.74) is 3.40.